The van der Waals surface area contributed by atoms with E-state index in [0.717, 1.165) is 17.9 Å². The summed E-state index contributed by atoms with van der Waals surface area (Å²) >= 11 is 0. The van der Waals surface area contributed by atoms with Crippen LogP contribution in [-0.4, -0.2) is 104 Å². The highest BCUT2D eigenvalue weighted by atomic mass is 16.5. The number of ether oxygens (including phenoxy) is 4. The number of nitrogens with one attached hydrogen (secondary N) is 4. The Morgan fingerprint density at radius 3 is 1.78 bits per heavy atom. The average molecular weight is 836 g/mol. The summed E-state index contributed by atoms with van der Waals surface area (Å²) in [7, 11) is 2.50. The number of rotatable bonds is 25. The Labute approximate surface area is 349 Å². The smallest absolute Gasteiger partial charge is 0.328 e. The highest BCUT2D eigenvalue weighted by Crippen LogP contribution is 2.25. The summed E-state index contributed by atoms with van der Waals surface area (Å²) in [5.74, 6) is -4.05. The Bertz CT molecular complexity index is 1920. The zero-order chi connectivity index (χ0) is 44.2. The third kappa shape index (κ3) is 16.6. The summed E-state index contributed by atoms with van der Waals surface area (Å²) in [4.78, 5) is 89.3. The van der Waals surface area contributed by atoms with E-state index in [-0.39, 0.29) is 50.6 Å². The molecule has 0 aliphatic heterocycles. The molecule has 1 unspecified atom stereocenters. The monoisotopic (exact) mass is 835 g/mol. The van der Waals surface area contributed by atoms with Gasteiger partial charge in [0.25, 0.3) is 0 Å². The highest BCUT2D eigenvalue weighted by Gasteiger charge is 2.34. The zero-order valence-electron chi connectivity index (χ0n) is 34.7. The number of aliphatic hydroxyl groups is 1. The van der Waals surface area contributed by atoms with Gasteiger partial charge in [0, 0.05) is 19.3 Å². The molecule has 3 rings (SSSR count). The van der Waals surface area contributed by atoms with Gasteiger partial charge < -0.3 is 51.1 Å². The maximum atomic E-state index is 13.6. The maximum absolute atomic E-state index is 13.6. The normalized spacial score (nSPS) is 13.4. The molecular weight excluding hydrogens is 778 g/mol. The fourth-order valence-electron chi connectivity index (χ4n) is 6.07. The number of primary amides is 1. The minimum absolute atomic E-state index is 0.0513. The van der Waals surface area contributed by atoms with Gasteiger partial charge in [0.05, 0.1) is 40.0 Å². The zero-order valence-corrected chi connectivity index (χ0v) is 34.7. The fraction of sp³-hybridized carbons (Fsp3) is 0.465. The summed E-state index contributed by atoms with van der Waals surface area (Å²) in [5, 5.41) is 22.4. The first-order valence-electron chi connectivity index (χ1n) is 19.7. The Kier molecular flexibility index (Phi) is 19.8. The first-order chi connectivity index (χ1) is 28.6. The van der Waals surface area contributed by atoms with E-state index in [2.05, 4.69) is 26.0 Å². The average Bonchev–Trinajstić information content (AvgIpc) is 3.21. The van der Waals surface area contributed by atoms with Crippen LogP contribution in [0.3, 0.4) is 0 Å². The molecule has 17 heteroatoms. The van der Waals surface area contributed by atoms with Crippen molar-refractivity contribution in [3.05, 3.63) is 72.3 Å². The van der Waals surface area contributed by atoms with Crippen molar-refractivity contribution in [2.75, 3.05) is 27.4 Å². The molecule has 0 spiro atoms. The largest absolute Gasteiger partial charge is 0.494 e. The van der Waals surface area contributed by atoms with Crippen LogP contribution in [0.2, 0.25) is 0 Å². The van der Waals surface area contributed by atoms with Gasteiger partial charge in [0.2, 0.25) is 29.5 Å². The van der Waals surface area contributed by atoms with Gasteiger partial charge in [-0.25, -0.2) is 4.79 Å². The Morgan fingerprint density at radius 1 is 0.667 bits per heavy atom. The van der Waals surface area contributed by atoms with Gasteiger partial charge in [-0.3, -0.25) is 28.8 Å². The lowest BCUT2D eigenvalue weighted by Crippen LogP contribution is -2.60. The molecule has 0 saturated heterocycles. The number of aliphatic hydroxyl groups excluding tert-OH is 1. The van der Waals surface area contributed by atoms with Crippen molar-refractivity contribution in [2.45, 2.75) is 96.0 Å². The molecule has 0 aliphatic rings. The summed E-state index contributed by atoms with van der Waals surface area (Å²) < 4.78 is 21.1. The van der Waals surface area contributed by atoms with Crippen molar-refractivity contribution in [1.29, 1.82) is 0 Å². The lowest BCUT2D eigenvalue weighted by atomic mass is 10.0. The lowest BCUT2D eigenvalue weighted by Gasteiger charge is -2.27. The third-order valence-electron chi connectivity index (χ3n) is 9.17. The molecule has 0 saturated carbocycles. The molecule has 0 bridgehead atoms. The molecule has 3 aromatic rings. The summed E-state index contributed by atoms with van der Waals surface area (Å²) in [6, 6.07) is 14.5. The predicted octanol–water partition coefficient (Wildman–Crippen LogP) is 1.99. The van der Waals surface area contributed by atoms with Crippen LogP contribution in [0.15, 0.2) is 66.7 Å². The summed E-state index contributed by atoms with van der Waals surface area (Å²) in [6.45, 7) is 5.41. The van der Waals surface area contributed by atoms with Crippen molar-refractivity contribution >= 4 is 52.2 Å². The van der Waals surface area contributed by atoms with Crippen LogP contribution in [0.4, 0.5) is 0 Å². The summed E-state index contributed by atoms with van der Waals surface area (Å²) in [6.07, 6.45) is -0.845. The van der Waals surface area contributed by atoms with E-state index in [1.54, 1.807) is 50.2 Å². The van der Waals surface area contributed by atoms with Gasteiger partial charge in [-0.1, -0.05) is 56.3 Å². The van der Waals surface area contributed by atoms with Crippen molar-refractivity contribution in [3.63, 3.8) is 0 Å². The van der Waals surface area contributed by atoms with Gasteiger partial charge >= 0.3 is 11.9 Å². The van der Waals surface area contributed by atoms with Crippen molar-refractivity contribution < 1.29 is 57.6 Å². The molecule has 0 aliphatic carbocycles. The second-order valence-electron chi connectivity index (χ2n) is 14.6. The first-order valence-corrected chi connectivity index (χ1v) is 19.7. The number of nitrogens with two attached hydrogens (primary N) is 1. The molecule has 5 atom stereocenters. The molecule has 0 heterocycles. The topological polar surface area (TPSA) is 251 Å². The van der Waals surface area contributed by atoms with E-state index in [0.29, 0.717) is 30.1 Å². The van der Waals surface area contributed by atoms with E-state index in [1.807, 2.05) is 30.3 Å². The number of hydrogen-bond donors (Lipinski definition) is 6. The summed E-state index contributed by atoms with van der Waals surface area (Å²) in [5.41, 5.74) is 6.12. The number of carbonyl (C=O) groups excluding carboxylic acids is 7. The number of hydrogen-bond acceptors (Lipinski definition) is 12. The molecule has 0 fully saturated rings. The van der Waals surface area contributed by atoms with Crippen LogP contribution < -0.4 is 36.5 Å². The van der Waals surface area contributed by atoms with Gasteiger partial charge in [-0.05, 0) is 72.7 Å². The van der Waals surface area contributed by atoms with Crippen molar-refractivity contribution in [3.8, 4) is 11.5 Å². The molecule has 0 radical (unpaired) electrons. The van der Waals surface area contributed by atoms with Gasteiger partial charge in [-0.15, -0.1) is 0 Å². The van der Waals surface area contributed by atoms with E-state index in [4.69, 9.17) is 19.9 Å². The SMILES string of the molecule is COC(=O)CCCOc1ccc2ccc(OCCCC(=O)N[C@H](C(=O)N[C@@H](CC(C)C)C(=O)N[C@@H](CC(N)=O)C(=O)N[C@@H](Cc3ccccc3)C(=O)OC)C(C)O)cc2c1. The molecule has 17 nitrogen and oxygen atoms in total. The van der Waals surface area contributed by atoms with Crippen molar-refractivity contribution in [1.82, 2.24) is 21.3 Å². The van der Waals surface area contributed by atoms with E-state index < -0.39 is 72.2 Å². The Hall–Kier alpha value is -6.23. The molecule has 5 amide bonds. The number of esters is 2. The van der Waals surface area contributed by atoms with E-state index >= 15 is 0 Å². The van der Waals surface area contributed by atoms with Crippen LogP contribution >= 0.6 is 0 Å². The predicted molar refractivity (Wildman–Crippen MR) is 220 cm³/mol. The molecule has 3 aromatic carbocycles. The van der Waals surface area contributed by atoms with Crippen LogP contribution in [0, 0.1) is 5.92 Å². The van der Waals surface area contributed by atoms with Gasteiger partial charge in [0.1, 0.15) is 35.7 Å². The third-order valence-corrected chi connectivity index (χ3v) is 9.17. The molecule has 7 N–H and O–H groups in total. The second-order valence-corrected chi connectivity index (χ2v) is 14.6. The van der Waals surface area contributed by atoms with Crippen LogP contribution in [0.1, 0.15) is 64.9 Å². The molecule has 60 heavy (non-hydrogen) atoms. The van der Waals surface area contributed by atoms with Crippen molar-refractivity contribution in [2.24, 2.45) is 11.7 Å². The minimum Gasteiger partial charge on any atom is -0.494 e. The van der Waals surface area contributed by atoms with Crippen LogP contribution in [0.25, 0.3) is 10.8 Å². The van der Waals surface area contributed by atoms with E-state index in [9.17, 15) is 38.7 Å². The Balaban J connectivity index is 1.58. The molecular formula is C43H57N5O12. The van der Waals surface area contributed by atoms with E-state index in [1.165, 1.54) is 14.0 Å². The first kappa shape index (κ1) is 48.1. The number of carbonyl (C=O) groups is 7. The second kappa shape index (κ2) is 24.6. The fourth-order valence-corrected chi connectivity index (χ4v) is 6.07. The molecule has 326 valence electrons. The molecule has 0 aromatic heterocycles. The minimum atomic E-state index is -1.52. The van der Waals surface area contributed by atoms with Crippen LogP contribution in [-0.2, 0) is 49.5 Å². The van der Waals surface area contributed by atoms with Gasteiger partial charge in [-0.2, -0.15) is 0 Å². The highest BCUT2D eigenvalue weighted by molar-refractivity contribution is 5.97. The number of amides is 5. The quantitative estimate of drug-likeness (QED) is 0.0530. The van der Waals surface area contributed by atoms with Gasteiger partial charge in [0.15, 0.2) is 0 Å². The van der Waals surface area contributed by atoms with Crippen LogP contribution in [0.5, 0.6) is 11.5 Å². The maximum Gasteiger partial charge on any atom is 0.328 e. The number of benzene rings is 3. The number of methoxy groups -OCH3 is 2. The standard InChI is InChI=1S/C43H57N5O12/c1-26(2)21-33(40(53)45-34(25-36(44)50)41(54)47-35(43(56)58-5)22-28-11-7-6-8-12-28)46-42(55)39(27(3)49)48-37(51)13-9-19-59-31-17-15-29-16-18-32(24-30(29)23-31)60-20-10-14-38(52)57-4/h6-8,11-12,15-18,23-24,26-27,33-35,39,49H,9-10,13-14,19-22,25H2,1-5H3,(H2,44,50)(H,45,53)(H,46,55)(H,47,54)(H,48,51)/t27?,33-,34-,35-,39-/m0/s1. The number of fused-ring (bicyclic) bond motifs is 1. The Morgan fingerprint density at radius 2 is 1.23 bits per heavy atom. The lowest BCUT2D eigenvalue weighted by molar-refractivity contribution is -0.145.